The number of benzene rings is 1. The predicted molar refractivity (Wildman–Crippen MR) is 93.6 cm³/mol. The van der Waals surface area contributed by atoms with Crippen LogP contribution in [0.4, 0.5) is 0 Å². The average Bonchev–Trinajstić information content (AvgIpc) is 2.58. The number of alkyl halides is 1. The first-order valence-electron chi connectivity index (χ1n) is 6.94. The molecule has 0 unspecified atom stereocenters. The van der Waals surface area contributed by atoms with Gasteiger partial charge >= 0.3 is 0 Å². The van der Waals surface area contributed by atoms with Gasteiger partial charge in [0.2, 0.25) is 17.2 Å². The van der Waals surface area contributed by atoms with Crippen LogP contribution < -0.4 is 23.7 Å². The van der Waals surface area contributed by atoms with Crippen LogP contribution in [0.2, 0.25) is 0 Å². The van der Waals surface area contributed by atoms with Gasteiger partial charge in [-0.25, -0.2) is 0 Å². The van der Waals surface area contributed by atoms with E-state index in [1.165, 1.54) is 28.4 Å². The summed E-state index contributed by atoms with van der Waals surface area (Å²) in [6.07, 6.45) is 0.888. The van der Waals surface area contributed by atoms with Gasteiger partial charge in [-0.05, 0) is 6.42 Å². The van der Waals surface area contributed by atoms with Gasteiger partial charge in [0.1, 0.15) is 0 Å². The quantitative estimate of drug-likeness (QED) is 0.214. The average molecular weight is 442 g/mol. The zero-order valence-corrected chi connectivity index (χ0v) is 16.0. The van der Waals surface area contributed by atoms with Gasteiger partial charge in [0.05, 0.1) is 20.8 Å². The standard InChI is InChI=1S/C15H23IO7/c1-17-9-22-12-8-11(19-3)14(23-10-18-2)15(13(12)20-4)21-7-5-6-16/h8H,5-7,9-10H2,1-4H3. The highest BCUT2D eigenvalue weighted by Crippen LogP contribution is 2.50. The topological polar surface area (TPSA) is 64.6 Å². The van der Waals surface area contributed by atoms with Crippen molar-refractivity contribution < 1.29 is 33.2 Å². The molecule has 23 heavy (non-hydrogen) atoms. The third-order valence-electron chi connectivity index (χ3n) is 2.72. The van der Waals surface area contributed by atoms with Crippen molar-refractivity contribution in [2.24, 2.45) is 0 Å². The number of methoxy groups -OCH3 is 4. The van der Waals surface area contributed by atoms with Gasteiger partial charge in [-0.2, -0.15) is 0 Å². The molecule has 0 saturated heterocycles. The molecular weight excluding hydrogens is 419 g/mol. The van der Waals surface area contributed by atoms with Gasteiger partial charge in [-0.15, -0.1) is 0 Å². The van der Waals surface area contributed by atoms with Crippen LogP contribution in [0, 0.1) is 0 Å². The SMILES string of the molecule is COCOc1cc(OC)c(OCOC)c(OCCCI)c1OC. The molecule has 1 aromatic carbocycles. The fourth-order valence-electron chi connectivity index (χ4n) is 1.77. The summed E-state index contributed by atoms with van der Waals surface area (Å²) in [7, 11) is 6.15. The predicted octanol–water partition coefficient (Wildman–Crippen LogP) is 2.87. The van der Waals surface area contributed by atoms with Crippen LogP contribution in [0.1, 0.15) is 6.42 Å². The maximum absolute atomic E-state index is 5.85. The van der Waals surface area contributed by atoms with Crippen molar-refractivity contribution in [1.82, 2.24) is 0 Å². The van der Waals surface area contributed by atoms with Crippen molar-refractivity contribution >= 4 is 22.6 Å². The van der Waals surface area contributed by atoms with Gasteiger partial charge in [-0.1, -0.05) is 22.6 Å². The molecule has 0 spiro atoms. The van der Waals surface area contributed by atoms with Gasteiger partial charge in [0.15, 0.2) is 25.1 Å². The highest BCUT2D eigenvalue weighted by Gasteiger charge is 2.24. The summed E-state index contributed by atoms with van der Waals surface area (Å²) in [6.45, 7) is 0.644. The fraction of sp³-hybridized carbons (Fsp3) is 0.600. The molecule has 0 amide bonds. The number of hydrogen-bond acceptors (Lipinski definition) is 7. The minimum Gasteiger partial charge on any atom is -0.493 e. The van der Waals surface area contributed by atoms with Crippen molar-refractivity contribution in [1.29, 1.82) is 0 Å². The van der Waals surface area contributed by atoms with Crippen LogP contribution in [-0.2, 0) is 9.47 Å². The zero-order chi connectivity index (χ0) is 17.1. The van der Waals surface area contributed by atoms with Crippen LogP contribution in [0.5, 0.6) is 28.7 Å². The molecule has 8 heteroatoms. The monoisotopic (exact) mass is 442 g/mol. The van der Waals surface area contributed by atoms with Crippen LogP contribution >= 0.6 is 22.6 Å². The minimum atomic E-state index is 0.0560. The van der Waals surface area contributed by atoms with Crippen LogP contribution in [0.15, 0.2) is 6.07 Å². The second kappa shape index (κ2) is 11.4. The van der Waals surface area contributed by atoms with E-state index in [0.29, 0.717) is 35.4 Å². The normalized spacial score (nSPS) is 10.3. The Kier molecular flexibility index (Phi) is 9.88. The van der Waals surface area contributed by atoms with Gasteiger partial charge in [0.25, 0.3) is 0 Å². The first-order valence-corrected chi connectivity index (χ1v) is 8.47. The van der Waals surface area contributed by atoms with Gasteiger partial charge < -0.3 is 33.2 Å². The molecule has 0 aliphatic heterocycles. The lowest BCUT2D eigenvalue weighted by Gasteiger charge is -2.20. The molecule has 7 nitrogen and oxygen atoms in total. The Morgan fingerprint density at radius 3 is 2.04 bits per heavy atom. The Labute approximate surface area is 150 Å². The highest BCUT2D eigenvalue weighted by atomic mass is 127. The van der Waals surface area contributed by atoms with Crippen molar-refractivity contribution in [3.8, 4) is 28.7 Å². The lowest BCUT2D eigenvalue weighted by atomic mass is 10.2. The number of hydrogen-bond donors (Lipinski definition) is 0. The molecule has 132 valence electrons. The number of ether oxygens (including phenoxy) is 7. The van der Waals surface area contributed by atoms with Crippen LogP contribution in [0.25, 0.3) is 0 Å². The van der Waals surface area contributed by atoms with Crippen LogP contribution in [-0.4, -0.2) is 53.1 Å². The van der Waals surface area contributed by atoms with E-state index in [0.717, 1.165) is 10.8 Å². The summed E-state index contributed by atoms with van der Waals surface area (Å²) in [5, 5.41) is 0. The van der Waals surface area contributed by atoms with E-state index in [2.05, 4.69) is 22.6 Å². The lowest BCUT2D eigenvalue weighted by Crippen LogP contribution is -2.08. The highest BCUT2D eigenvalue weighted by molar-refractivity contribution is 14.1. The molecule has 1 rings (SSSR count). The van der Waals surface area contributed by atoms with Crippen molar-refractivity contribution in [3.05, 3.63) is 6.07 Å². The first-order chi connectivity index (χ1) is 11.2. The summed E-state index contributed by atoms with van der Waals surface area (Å²) in [6, 6.07) is 1.66. The molecule has 0 aliphatic carbocycles. The Morgan fingerprint density at radius 1 is 0.783 bits per heavy atom. The van der Waals surface area contributed by atoms with Crippen molar-refractivity contribution in [3.63, 3.8) is 0 Å². The second-order valence-corrected chi connectivity index (χ2v) is 5.34. The molecule has 0 fully saturated rings. The van der Waals surface area contributed by atoms with E-state index in [1.807, 2.05) is 0 Å². The van der Waals surface area contributed by atoms with Crippen molar-refractivity contribution in [2.75, 3.05) is 53.1 Å². The summed E-state index contributed by atoms with van der Waals surface area (Å²) in [5.41, 5.74) is 0. The molecule has 0 radical (unpaired) electrons. The Bertz CT molecular complexity index is 468. The maximum atomic E-state index is 5.85. The van der Waals surface area contributed by atoms with E-state index in [1.54, 1.807) is 6.07 Å². The molecule has 0 bridgehead atoms. The van der Waals surface area contributed by atoms with Gasteiger partial charge in [0, 0.05) is 24.7 Å². The molecule has 0 atom stereocenters. The maximum Gasteiger partial charge on any atom is 0.211 e. The Morgan fingerprint density at radius 2 is 1.48 bits per heavy atom. The molecule has 0 N–H and O–H groups in total. The molecule has 0 aliphatic rings. The molecule has 0 heterocycles. The van der Waals surface area contributed by atoms with Crippen LogP contribution in [0.3, 0.4) is 0 Å². The largest absolute Gasteiger partial charge is 0.493 e. The molecular formula is C15H23IO7. The molecule has 1 aromatic rings. The third kappa shape index (κ3) is 5.78. The summed E-state index contributed by atoms with van der Waals surface area (Å²) in [4.78, 5) is 0. The van der Waals surface area contributed by atoms with Gasteiger partial charge in [-0.3, -0.25) is 0 Å². The van der Waals surface area contributed by atoms with Crippen molar-refractivity contribution in [2.45, 2.75) is 6.42 Å². The first kappa shape index (κ1) is 19.9. The van der Waals surface area contributed by atoms with E-state index in [4.69, 9.17) is 33.2 Å². The third-order valence-corrected chi connectivity index (χ3v) is 3.49. The summed E-state index contributed by atoms with van der Waals surface area (Å²) < 4.78 is 38.7. The number of rotatable bonds is 12. The number of halogens is 1. The van der Waals surface area contributed by atoms with E-state index >= 15 is 0 Å². The second-order valence-electron chi connectivity index (χ2n) is 4.26. The molecule has 0 saturated carbocycles. The zero-order valence-electron chi connectivity index (χ0n) is 13.8. The Hall–Kier alpha value is -1.13. The minimum absolute atomic E-state index is 0.0560. The van der Waals surface area contributed by atoms with E-state index in [-0.39, 0.29) is 13.6 Å². The Balaban J connectivity index is 3.27. The summed E-state index contributed by atoms with van der Waals surface area (Å²) >= 11 is 2.29. The lowest BCUT2D eigenvalue weighted by molar-refractivity contribution is 0.0425. The summed E-state index contributed by atoms with van der Waals surface area (Å²) in [5.74, 6) is 2.14. The molecule has 0 aromatic heterocycles. The smallest absolute Gasteiger partial charge is 0.211 e. The fourth-order valence-corrected chi connectivity index (χ4v) is 2.08. The van der Waals surface area contributed by atoms with E-state index in [9.17, 15) is 0 Å². The van der Waals surface area contributed by atoms with E-state index < -0.39 is 0 Å².